The summed E-state index contributed by atoms with van der Waals surface area (Å²) in [6, 6.07) is 22.2. The zero-order chi connectivity index (χ0) is 26.3. The number of rotatable bonds is 10. The smallest absolute Gasteiger partial charge is 0.310 e. The Hall–Kier alpha value is -3.65. The van der Waals surface area contributed by atoms with Crippen molar-refractivity contribution in [3.05, 3.63) is 89.2 Å². The molecule has 7 heteroatoms. The first kappa shape index (κ1) is 26.0. The number of benzene rings is 3. The van der Waals surface area contributed by atoms with Crippen LogP contribution in [0, 0.1) is 0 Å². The minimum absolute atomic E-state index is 0.173. The lowest BCUT2D eigenvalue weighted by Crippen LogP contribution is -2.35. The summed E-state index contributed by atoms with van der Waals surface area (Å²) < 4.78 is 23.3. The van der Waals surface area contributed by atoms with Crippen LogP contribution >= 0.6 is 0 Å². The normalized spacial score (nSPS) is 14.1. The average Bonchev–Trinajstić information content (AvgIpc) is 3.35. The summed E-state index contributed by atoms with van der Waals surface area (Å²) in [6.45, 7) is 7.01. The highest BCUT2D eigenvalue weighted by Crippen LogP contribution is 2.34. The standard InChI is InChI=1S/C31H34N2O5/c1-2-36-30(34)18-25-7-3-4-9-29(25)37-21-23-15-26-17-27(20-33-10-12-35-13-11-33)38-31(26)28(16-23)24-8-5-6-22(14-24)19-32/h3-9,14-17H,2,10-13,18-21,32H2,1H3. The maximum Gasteiger partial charge on any atom is 0.310 e. The molecule has 0 spiro atoms. The molecule has 2 heterocycles. The predicted molar refractivity (Wildman–Crippen MR) is 147 cm³/mol. The molecular formula is C31H34N2O5. The molecule has 38 heavy (non-hydrogen) atoms. The van der Waals surface area contributed by atoms with E-state index in [9.17, 15) is 4.79 Å². The molecule has 1 fully saturated rings. The van der Waals surface area contributed by atoms with Crippen LogP contribution in [0.5, 0.6) is 5.75 Å². The Morgan fingerprint density at radius 3 is 2.66 bits per heavy atom. The monoisotopic (exact) mass is 514 g/mol. The molecule has 7 nitrogen and oxygen atoms in total. The maximum absolute atomic E-state index is 12.1. The van der Waals surface area contributed by atoms with Gasteiger partial charge in [0.15, 0.2) is 0 Å². The van der Waals surface area contributed by atoms with Gasteiger partial charge in [-0.1, -0.05) is 36.4 Å². The van der Waals surface area contributed by atoms with E-state index in [4.69, 9.17) is 24.4 Å². The number of morpholine rings is 1. The van der Waals surface area contributed by atoms with Crippen LogP contribution in [0.2, 0.25) is 0 Å². The van der Waals surface area contributed by atoms with E-state index in [0.29, 0.717) is 25.5 Å². The molecule has 1 saturated heterocycles. The number of para-hydroxylation sites is 1. The number of fused-ring (bicyclic) bond motifs is 1. The third kappa shape index (κ3) is 6.25. The van der Waals surface area contributed by atoms with Gasteiger partial charge in [-0.2, -0.15) is 0 Å². The van der Waals surface area contributed by atoms with E-state index < -0.39 is 0 Å². The molecule has 2 N–H and O–H groups in total. The molecule has 198 valence electrons. The fourth-order valence-corrected chi connectivity index (χ4v) is 4.81. The Balaban J connectivity index is 1.45. The molecule has 1 aliphatic rings. The first-order valence-electron chi connectivity index (χ1n) is 13.1. The molecule has 0 unspecified atom stereocenters. The maximum atomic E-state index is 12.1. The van der Waals surface area contributed by atoms with Gasteiger partial charge >= 0.3 is 5.97 Å². The molecule has 0 atom stereocenters. The van der Waals surface area contributed by atoms with Gasteiger partial charge in [0.05, 0.1) is 32.8 Å². The van der Waals surface area contributed by atoms with Crippen molar-refractivity contribution in [2.75, 3.05) is 32.9 Å². The van der Waals surface area contributed by atoms with Gasteiger partial charge in [-0.05, 0) is 53.9 Å². The number of ether oxygens (including phenoxy) is 3. The van der Waals surface area contributed by atoms with Gasteiger partial charge in [0.1, 0.15) is 23.7 Å². The SMILES string of the molecule is CCOC(=O)Cc1ccccc1OCc1cc(-c2cccc(CN)c2)c2oc(CN3CCOCC3)cc2c1. The topological polar surface area (TPSA) is 87.2 Å². The summed E-state index contributed by atoms with van der Waals surface area (Å²) in [7, 11) is 0. The number of hydrogen-bond donors (Lipinski definition) is 1. The van der Waals surface area contributed by atoms with Crippen molar-refractivity contribution in [3.8, 4) is 16.9 Å². The van der Waals surface area contributed by atoms with E-state index in [2.05, 4.69) is 35.2 Å². The lowest BCUT2D eigenvalue weighted by atomic mass is 9.99. The molecular weight excluding hydrogens is 480 g/mol. The molecule has 1 aliphatic heterocycles. The third-order valence-corrected chi connectivity index (χ3v) is 6.69. The highest BCUT2D eigenvalue weighted by Gasteiger charge is 2.17. The highest BCUT2D eigenvalue weighted by molar-refractivity contribution is 5.93. The van der Waals surface area contributed by atoms with E-state index in [1.54, 1.807) is 6.92 Å². The second-order valence-electron chi connectivity index (χ2n) is 9.45. The summed E-state index contributed by atoms with van der Waals surface area (Å²) in [5.74, 6) is 1.33. The zero-order valence-corrected chi connectivity index (χ0v) is 21.8. The zero-order valence-electron chi connectivity index (χ0n) is 21.8. The van der Waals surface area contributed by atoms with Gasteiger partial charge in [0.25, 0.3) is 0 Å². The first-order valence-corrected chi connectivity index (χ1v) is 13.1. The van der Waals surface area contributed by atoms with Gasteiger partial charge in [0.2, 0.25) is 0 Å². The van der Waals surface area contributed by atoms with Crippen LogP contribution in [0.15, 0.2) is 71.1 Å². The average molecular weight is 515 g/mol. The van der Waals surface area contributed by atoms with Crippen LogP contribution in [-0.2, 0) is 40.4 Å². The third-order valence-electron chi connectivity index (χ3n) is 6.69. The van der Waals surface area contributed by atoms with Crippen LogP contribution in [0.25, 0.3) is 22.1 Å². The van der Waals surface area contributed by atoms with Gasteiger partial charge < -0.3 is 24.4 Å². The summed E-state index contributed by atoms with van der Waals surface area (Å²) >= 11 is 0. The Bertz CT molecular complexity index is 1390. The number of carbonyl (C=O) groups is 1. The van der Waals surface area contributed by atoms with Crippen LogP contribution in [0.1, 0.15) is 29.4 Å². The number of furan rings is 1. The lowest BCUT2D eigenvalue weighted by Gasteiger charge is -2.25. The number of esters is 1. The Morgan fingerprint density at radius 1 is 1.00 bits per heavy atom. The largest absolute Gasteiger partial charge is 0.489 e. The fourth-order valence-electron chi connectivity index (χ4n) is 4.81. The van der Waals surface area contributed by atoms with Crippen LogP contribution in [-0.4, -0.2) is 43.8 Å². The summed E-state index contributed by atoms with van der Waals surface area (Å²) in [4.78, 5) is 14.4. The Labute approximate surface area is 223 Å². The van der Waals surface area contributed by atoms with Crippen molar-refractivity contribution in [1.29, 1.82) is 0 Å². The fraction of sp³-hybridized carbons (Fsp3) is 0.323. The second kappa shape index (κ2) is 12.3. The lowest BCUT2D eigenvalue weighted by molar-refractivity contribution is -0.142. The van der Waals surface area contributed by atoms with Gasteiger partial charge in [-0.15, -0.1) is 0 Å². The molecule has 0 aliphatic carbocycles. The quantitative estimate of drug-likeness (QED) is 0.296. The second-order valence-corrected chi connectivity index (χ2v) is 9.45. The van der Waals surface area contributed by atoms with Crippen LogP contribution in [0.3, 0.4) is 0 Å². The van der Waals surface area contributed by atoms with Crippen molar-refractivity contribution in [2.45, 2.75) is 33.0 Å². The van der Waals surface area contributed by atoms with Crippen LogP contribution < -0.4 is 10.5 Å². The number of nitrogens with zero attached hydrogens (tertiary/aromatic N) is 1. The molecule has 0 saturated carbocycles. The molecule has 1 aromatic heterocycles. The van der Waals surface area contributed by atoms with E-state index in [0.717, 1.165) is 77.4 Å². The molecule has 0 radical (unpaired) electrons. The number of carbonyl (C=O) groups excluding carboxylic acids is 1. The molecule has 0 amide bonds. The Kier molecular flexibility index (Phi) is 8.38. The summed E-state index contributed by atoms with van der Waals surface area (Å²) in [6.07, 6.45) is 0.173. The van der Waals surface area contributed by atoms with Gasteiger partial charge in [0, 0.05) is 36.1 Å². The van der Waals surface area contributed by atoms with E-state index in [1.165, 1.54) is 0 Å². The molecule has 4 aromatic rings. The van der Waals surface area contributed by atoms with Crippen LogP contribution in [0.4, 0.5) is 0 Å². The van der Waals surface area contributed by atoms with Crippen molar-refractivity contribution in [1.82, 2.24) is 4.90 Å². The van der Waals surface area contributed by atoms with Crippen molar-refractivity contribution < 1.29 is 23.4 Å². The van der Waals surface area contributed by atoms with Gasteiger partial charge in [-0.3, -0.25) is 9.69 Å². The van der Waals surface area contributed by atoms with Crippen molar-refractivity contribution in [2.24, 2.45) is 5.73 Å². The number of nitrogens with two attached hydrogens (primary N) is 1. The minimum Gasteiger partial charge on any atom is -0.489 e. The van der Waals surface area contributed by atoms with Crippen molar-refractivity contribution in [3.63, 3.8) is 0 Å². The van der Waals surface area contributed by atoms with Gasteiger partial charge in [-0.25, -0.2) is 0 Å². The van der Waals surface area contributed by atoms with E-state index in [-0.39, 0.29) is 12.4 Å². The van der Waals surface area contributed by atoms with E-state index >= 15 is 0 Å². The number of hydrogen-bond acceptors (Lipinski definition) is 7. The minimum atomic E-state index is -0.266. The summed E-state index contributed by atoms with van der Waals surface area (Å²) in [5.41, 5.74) is 11.7. The molecule has 0 bridgehead atoms. The van der Waals surface area contributed by atoms with E-state index in [1.807, 2.05) is 36.4 Å². The first-order chi connectivity index (χ1) is 18.6. The molecule has 3 aromatic carbocycles. The summed E-state index contributed by atoms with van der Waals surface area (Å²) in [5, 5.41) is 1.03. The highest BCUT2D eigenvalue weighted by atomic mass is 16.5. The predicted octanol–water partition coefficient (Wildman–Crippen LogP) is 5.08. The Morgan fingerprint density at radius 2 is 1.84 bits per heavy atom. The molecule has 5 rings (SSSR count). The van der Waals surface area contributed by atoms with Crippen molar-refractivity contribution >= 4 is 16.9 Å².